The van der Waals surface area contributed by atoms with Crippen molar-refractivity contribution < 1.29 is 4.79 Å². The van der Waals surface area contributed by atoms with Crippen LogP contribution in [-0.4, -0.2) is 28.9 Å². The van der Waals surface area contributed by atoms with Crippen LogP contribution in [0.2, 0.25) is 5.02 Å². The second kappa shape index (κ2) is 5.70. The second-order valence-electron chi connectivity index (χ2n) is 5.23. The smallest absolute Gasteiger partial charge is 0.256 e. The summed E-state index contributed by atoms with van der Waals surface area (Å²) in [5.41, 5.74) is 0.516. The molecule has 1 saturated heterocycles. The van der Waals surface area contributed by atoms with Crippen LogP contribution in [0.5, 0.6) is 0 Å². The Balaban J connectivity index is 2.02. The SMILES string of the molecule is CC(C)C1CCN(C(=O)c2cnccc2Cl)CC1. The molecule has 18 heavy (non-hydrogen) atoms. The monoisotopic (exact) mass is 266 g/mol. The average molecular weight is 267 g/mol. The molecule has 1 aromatic rings. The molecule has 0 bridgehead atoms. The molecule has 2 heterocycles. The Hall–Kier alpha value is -1.09. The zero-order chi connectivity index (χ0) is 13.1. The highest BCUT2D eigenvalue weighted by atomic mass is 35.5. The largest absolute Gasteiger partial charge is 0.339 e. The van der Waals surface area contributed by atoms with Crippen LogP contribution in [0.25, 0.3) is 0 Å². The van der Waals surface area contributed by atoms with Gasteiger partial charge in [0.25, 0.3) is 5.91 Å². The van der Waals surface area contributed by atoms with Gasteiger partial charge in [0, 0.05) is 25.5 Å². The Bertz CT molecular complexity index is 426. The third kappa shape index (κ3) is 2.83. The van der Waals surface area contributed by atoms with Crippen molar-refractivity contribution in [1.82, 2.24) is 9.88 Å². The molecule has 0 unspecified atom stereocenters. The van der Waals surface area contributed by atoms with Gasteiger partial charge in [-0.3, -0.25) is 9.78 Å². The Labute approximate surface area is 113 Å². The summed E-state index contributed by atoms with van der Waals surface area (Å²) in [6, 6.07) is 1.66. The first-order valence-electron chi connectivity index (χ1n) is 6.48. The van der Waals surface area contributed by atoms with Crippen LogP contribution in [0.4, 0.5) is 0 Å². The van der Waals surface area contributed by atoms with Crippen LogP contribution in [0.15, 0.2) is 18.5 Å². The fourth-order valence-corrected chi connectivity index (χ4v) is 2.66. The number of piperidine rings is 1. The normalized spacial score (nSPS) is 17.2. The van der Waals surface area contributed by atoms with Crippen LogP contribution in [0.3, 0.4) is 0 Å². The first kappa shape index (κ1) is 13.3. The van der Waals surface area contributed by atoms with Crippen LogP contribution in [0.1, 0.15) is 37.0 Å². The van der Waals surface area contributed by atoms with Crippen LogP contribution in [-0.2, 0) is 0 Å². The maximum Gasteiger partial charge on any atom is 0.256 e. The van der Waals surface area contributed by atoms with Gasteiger partial charge in [0.1, 0.15) is 0 Å². The van der Waals surface area contributed by atoms with E-state index in [-0.39, 0.29) is 5.91 Å². The van der Waals surface area contributed by atoms with Gasteiger partial charge in [-0.05, 0) is 30.7 Å². The van der Waals surface area contributed by atoms with E-state index in [4.69, 9.17) is 11.6 Å². The van der Waals surface area contributed by atoms with E-state index in [1.165, 1.54) is 0 Å². The van der Waals surface area contributed by atoms with Crippen molar-refractivity contribution in [2.45, 2.75) is 26.7 Å². The molecule has 0 atom stereocenters. The van der Waals surface area contributed by atoms with Gasteiger partial charge in [0.2, 0.25) is 0 Å². The number of pyridine rings is 1. The number of halogens is 1. The van der Waals surface area contributed by atoms with Crippen molar-refractivity contribution in [3.05, 3.63) is 29.0 Å². The van der Waals surface area contributed by atoms with Crippen molar-refractivity contribution in [1.29, 1.82) is 0 Å². The molecule has 0 saturated carbocycles. The molecule has 1 aromatic heterocycles. The van der Waals surface area contributed by atoms with Gasteiger partial charge in [-0.15, -0.1) is 0 Å². The van der Waals surface area contributed by atoms with E-state index in [0.29, 0.717) is 16.5 Å². The number of nitrogens with zero attached hydrogens (tertiary/aromatic N) is 2. The summed E-state index contributed by atoms with van der Waals surface area (Å²) < 4.78 is 0. The van der Waals surface area contributed by atoms with Gasteiger partial charge < -0.3 is 4.90 Å². The van der Waals surface area contributed by atoms with E-state index in [2.05, 4.69) is 18.8 Å². The minimum Gasteiger partial charge on any atom is -0.339 e. The van der Waals surface area contributed by atoms with Crippen molar-refractivity contribution >= 4 is 17.5 Å². The number of hydrogen-bond acceptors (Lipinski definition) is 2. The fourth-order valence-electron chi connectivity index (χ4n) is 2.47. The molecule has 0 spiro atoms. The topological polar surface area (TPSA) is 33.2 Å². The highest BCUT2D eigenvalue weighted by Gasteiger charge is 2.26. The summed E-state index contributed by atoms with van der Waals surface area (Å²) in [4.78, 5) is 18.2. The fraction of sp³-hybridized carbons (Fsp3) is 0.571. The predicted octanol–water partition coefficient (Wildman–Crippen LogP) is 3.24. The van der Waals surface area contributed by atoms with Crippen molar-refractivity contribution in [2.75, 3.05) is 13.1 Å². The van der Waals surface area contributed by atoms with Crippen molar-refractivity contribution in [2.24, 2.45) is 11.8 Å². The van der Waals surface area contributed by atoms with Gasteiger partial charge in [0.05, 0.1) is 10.6 Å². The number of rotatable bonds is 2. The molecule has 0 N–H and O–H groups in total. The minimum absolute atomic E-state index is 0.00954. The summed E-state index contributed by atoms with van der Waals surface area (Å²) in [6.07, 6.45) is 5.33. The van der Waals surface area contributed by atoms with E-state index >= 15 is 0 Å². The van der Waals surface area contributed by atoms with E-state index in [9.17, 15) is 4.79 Å². The molecule has 1 aliphatic heterocycles. The molecule has 0 radical (unpaired) electrons. The van der Waals surface area contributed by atoms with Crippen molar-refractivity contribution in [3.8, 4) is 0 Å². The van der Waals surface area contributed by atoms with Gasteiger partial charge >= 0.3 is 0 Å². The lowest BCUT2D eigenvalue weighted by molar-refractivity contribution is 0.0667. The maximum atomic E-state index is 12.3. The average Bonchev–Trinajstić information content (AvgIpc) is 2.38. The summed E-state index contributed by atoms with van der Waals surface area (Å²) in [6.45, 7) is 6.15. The Morgan fingerprint density at radius 3 is 2.67 bits per heavy atom. The zero-order valence-electron chi connectivity index (χ0n) is 10.9. The van der Waals surface area contributed by atoms with Crippen LogP contribution >= 0.6 is 11.6 Å². The lowest BCUT2D eigenvalue weighted by Gasteiger charge is -2.34. The molecule has 1 fully saturated rings. The molecule has 1 amide bonds. The second-order valence-corrected chi connectivity index (χ2v) is 5.64. The van der Waals surface area contributed by atoms with Gasteiger partial charge in [0.15, 0.2) is 0 Å². The molecule has 2 rings (SSSR count). The summed E-state index contributed by atoms with van der Waals surface area (Å²) in [7, 11) is 0. The zero-order valence-corrected chi connectivity index (χ0v) is 11.7. The Morgan fingerprint density at radius 1 is 1.44 bits per heavy atom. The summed E-state index contributed by atoms with van der Waals surface area (Å²) in [5, 5.41) is 0.487. The lowest BCUT2D eigenvalue weighted by atomic mass is 9.86. The number of carbonyl (C=O) groups is 1. The van der Waals surface area contributed by atoms with Gasteiger partial charge in [-0.25, -0.2) is 0 Å². The lowest BCUT2D eigenvalue weighted by Crippen LogP contribution is -2.39. The van der Waals surface area contributed by atoms with E-state index < -0.39 is 0 Å². The number of carbonyl (C=O) groups excluding carboxylic acids is 1. The van der Waals surface area contributed by atoms with Gasteiger partial charge in [-0.2, -0.15) is 0 Å². The Kier molecular flexibility index (Phi) is 4.23. The molecule has 3 nitrogen and oxygen atoms in total. The maximum absolute atomic E-state index is 12.3. The van der Waals surface area contributed by atoms with Gasteiger partial charge in [-0.1, -0.05) is 25.4 Å². The first-order valence-corrected chi connectivity index (χ1v) is 6.86. The first-order chi connectivity index (χ1) is 8.59. The number of aromatic nitrogens is 1. The molecule has 1 aliphatic rings. The van der Waals surface area contributed by atoms with E-state index in [1.807, 2.05) is 4.90 Å². The molecular weight excluding hydrogens is 248 g/mol. The molecule has 0 aromatic carbocycles. The van der Waals surface area contributed by atoms with E-state index in [0.717, 1.165) is 31.8 Å². The predicted molar refractivity (Wildman–Crippen MR) is 72.7 cm³/mol. The quantitative estimate of drug-likeness (QED) is 0.823. The standard InChI is InChI=1S/C14H19ClN2O/c1-10(2)11-4-7-17(8-5-11)14(18)12-9-16-6-3-13(12)15/h3,6,9-11H,4-5,7-8H2,1-2H3. The number of likely N-dealkylation sites (tertiary alicyclic amines) is 1. The highest BCUT2D eigenvalue weighted by molar-refractivity contribution is 6.33. The van der Waals surface area contributed by atoms with Crippen LogP contribution in [0, 0.1) is 11.8 Å². The summed E-state index contributed by atoms with van der Waals surface area (Å²) >= 11 is 6.03. The molecule has 4 heteroatoms. The third-order valence-corrected chi connectivity index (χ3v) is 4.10. The highest BCUT2D eigenvalue weighted by Crippen LogP contribution is 2.26. The van der Waals surface area contributed by atoms with E-state index in [1.54, 1.807) is 18.5 Å². The summed E-state index contributed by atoms with van der Waals surface area (Å²) in [5.74, 6) is 1.44. The number of hydrogen-bond donors (Lipinski definition) is 0. The Morgan fingerprint density at radius 2 is 2.11 bits per heavy atom. The molecule has 98 valence electrons. The number of amides is 1. The third-order valence-electron chi connectivity index (χ3n) is 3.77. The minimum atomic E-state index is 0.00954. The molecular formula is C14H19ClN2O. The van der Waals surface area contributed by atoms with Crippen LogP contribution < -0.4 is 0 Å². The van der Waals surface area contributed by atoms with Crippen molar-refractivity contribution in [3.63, 3.8) is 0 Å². The molecule has 0 aliphatic carbocycles.